The maximum Gasteiger partial charge on any atom is 0.167 e. The summed E-state index contributed by atoms with van der Waals surface area (Å²) in [5, 5.41) is 19.0. The Bertz CT molecular complexity index is 630. The smallest absolute Gasteiger partial charge is 0.167 e. The zero-order chi connectivity index (χ0) is 14.3. The van der Waals surface area contributed by atoms with Crippen molar-refractivity contribution in [3.05, 3.63) is 12.2 Å². The molecule has 20 heavy (non-hydrogen) atoms. The van der Waals surface area contributed by atoms with Crippen LogP contribution in [0.25, 0.3) is 11.2 Å². The average Bonchev–Trinajstić information content (AvgIpc) is 2.99. The van der Waals surface area contributed by atoms with Gasteiger partial charge in [-0.3, -0.25) is 4.57 Å². The fourth-order valence-corrected chi connectivity index (χ4v) is 2.46. The van der Waals surface area contributed by atoms with Gasteiger partial charge in [-0.15, -0.1) is 0 Å². The molecule has 9 heteroatoms. The van der Waals surface area contributed by atoms with E-state index in [1.807, 2.05) is 0 Å². The molecule has 1 aliphatic heterocycles. The predicted octanol–water partition coefficient (Wildman–Crippen LogP) is -1.49. The Hall–Kier alpha value is -1.81. The van der Waals surface area contributed by atoms with Crippen molar-refractivity contribution in [1.29, 1.82) is 0 Å². The van der Waals surface area contributed by atoms with Gasteiger partial charge in [0.25, 0.3) is 0 Å². The first-order valence-electron chi connectivity index (χ1n) is 6.27. The quantitative estimate of drug-likeness (QED) is 0.532. The number of rotatable bonds is 3. The van der Waals surface area contributed by atoms with Crippen molar-refractivity contribution in [2.24, 2.45) is 5.73 Å². The van der Waals surface area contributed by atoms with E-state index >= 15 is 0 Å². The van der Waals surface area contributed by atoms with E-state index in [-0.39, 0.29) is 19.0 Å². The predicted molar refractivity (Wildman–Crippen MR) is 69.2 cm³/mol. The maximum absolute atomic E-state index is 9.84. The normalized spacial score (nSPS) is 26.4. The number of aromatic nitrogens is 4. The molecule has 9 nitrogen and oxygen atoms in total. The summed E-state index contributed by atoms with van der Waals surface area (Å²) in [6.07, 6.45) is -0.187. The van der Waals surface area contributed by atoms with E-state index < -0.39 is 18.4 Å². The van der Waals surface area contributed by atoms with Crippen molar-refractivity contribution in [3.63, 3.8) is 0 Å². The van der Waals surface area contributed by atoms with Gasteiger partial charge in [0.05, 0.1) is 19.3 Å². The molecule has 0 saturated carbocycles. The largest absolute Gasteiger partial charge is 0.394 e. The number of nitrogens with zero attached hydrogens (tertiary/aromatic N) is 4. The van der Waals surface area contributed by atoms with Crippen LogP contribution in [0.3, 0.4) is 0 Å². The summed E-state index contributed by atoms with van der Waals surface area (Å²) in [7, 11) is 0. The first-order chi connectivity index (χ1) is 9.65. The second-order valence-electron chi connectivity index (χ2n) is 4.65. The number of hydrogen-bond donors (Lipinski definition) is 4. The van der Waals surface area contributed by atoms with E-state index in [0.717, 1.165) is 0 Å². The number of hydrogen-bond acceptors (Lipinski definition) is 8. The Kier molecular flexibility index (Phi) is 3.26. The van der Waals surface area contributed by atoms with Gasteiger partial charge in [0.2, 0.25) is 0 Å². The number of ether oxygens (including phenoxy) is 1. The number of imidazole rings is 1. The standard InChI is InChI=1S/C11H16N6O3/c12-2-7-16-9-10(13)14-4-15-11(9)17(7)8-1-5(19)6(3-18)20-8/h4-6,8,18-19H,1-3,12H2,(H2,13,14,15)/t5-,6+,8+/m0/s1. The summed E-state index contributed by atoms with van der Waals surface area (Å²) in [5.41, 5.74) is 12.4. The van der Waals surface area contributed by atoms with Gasteiger partial charge in [-0.2, -0.15) is 0 Å². The molecule has 108 valence electrons. The van der Waals surface area contributed by atoms with Crippen molar-refractivity contribution >= 4 is 17.0 Å². The molecular weight excluding hydrogens is 264 g/mol. The third-order valence-electron chi connectivity index (χ3n) is 3.43. The molecule has 2 aromatic heterocycles. The van der Waals surface area contributed by atoms with Gasteiger partial charge in [-0.05, 0) is 0 Å². The Morgan fingerprint density at radius 1 is 1.45 bits per heavy atom. The minimum atomic E-state index is -0.743. The van der Waals surface area contributed by atoms with Crippen LogP contribution >= 0.6 is 0 Å². The molecule has 1 saturated heterocycles. The van der Waals surface area contributed by atoms with Crippen LogP contribution in [0.2, 0.25) is 0 Å². The minimum absolute atomic E-state index is 0.176. The van der Waals surface area contributed by atoms with E-state index in [1.165, 1.54) is 6.33 Å². The highest BCUT2D eigenvalue weighted by atomic mass is 16.5. The van der Waals surface area contributed by atoms with Gasteiger partial charge < -0.3 is 26.4 Å². The molecule has 3 rings (SSSR count). The lowest BCUT2D eigenvalue weighted by Gasteiger charge is -2.16. The first kappa shape index (κ1) is 13.2. The van der Waals surface area contributed by atoms with Crippen molar-refractivity contribution in [1.82, 2.24) is 19.5 Å². The van der Waals surface area contributed by atoms with E-state index in [9.17, 15) is 5.11 Å². The van der Waals surface area contributed by atoms with E-state index in [0.29, 0.717) is 23.4 Å². The summed E-state index contributed by atoms with van der Waals surface area (Å²) >= 11 is 0. The van der Waals surface area contributed by atoms with Crippen LogP contribution in [-0.2, 0) is 11.3 Å². The third-order valence-corrected chi connectivity index (χ3v) is 3.43. The van der Waals surface area contributed by atoms with Crippen LogP contribution in [0, 0.1) is 0 Å². The highest BCUT2D eigenvalue weighted by Gasteiger charge is 2.36. The second-order valence-corrected chi connectivity index (χ2v) is 4.65. The summed E-state index contributed by atoms with van der Waals surface area (Å²) < 4.78 is 7.32. The lowest BCUT2D eigenvalue weighted by atomic mass is 10.2. The fraction of sp³-hybridized carbons (Fsp3) is 0.545. The zero-order valence-corrected chi connectivity index (χ0v) is 10.7. The third kappa shape index (κ3) is 1.91. The van der Waals surface area contributed by atoms with Crippen molar-refractivity contribution in [3.8, 4) is 0 Å². The molecule has 0 amide bonds. The maximum atomic E-state index is 9.84. The van der Waals surface area contributed by atoms with Crippen LogP contribution in [0.1, 0.15) is 18.5 Å². The van der Waals surface area contributed by atoms with Gasteiger partial charge in [-0.1, -0.05) is 0 Å². The number of anilines is 1. The molecule has 3 heterocycles. The van der Waals surface area contributed by atoms with E-state index in [2.05, 4.69) is 15.0 Å². The summed E-state index contributed by atoms with van der Waals surface area (Å²) in [4.78, 5) is 12.4. The second kappa shape index (κ2) is 4.94. The van der Waals surface area contributed by atoms with Gasteiger partial charge in [0.1, 0.15) is 24.5 Å². The highest BCUT2D eigenvalue weighted by molar-refractivity contribution is 5.81. The SMILES string of the molecule is NCc1nc2c(N)ncnc2n1[C@H]1C[C@H](O)[C@@H](CO)O1. The van der Waals surface area contributed by atoms with Crippen LogP contribution < -0.4 is 11.5 Å². The fourth-order valence-electron chi connectivity index (χ4n) is 2.46. The number of aliphatic hydroxyl groups excluding tert-OH is 2. The number of nitrogens with two attached hydrogens (primary N) is 2. The van der Waals surface area contributed by atoms with E-state index in [4.69, 9.17) is 21.3 Å². The van der Waals surface area contributed by atoms with Crippen LogP contribution in [0.4, 0.5) is 5.82 Å². The summed E-state index contributed by atoms with van der Waals surface area (Å²) in [5.74, 6) is 0.809. The lowest BCUT2D eigenvalue weighted by Crippen LogP contribution is -2.24. The number of fused-ring (bicyclic) bond motifs is 1. The molecule has 6 N–H and O–H groups in total. The Labute approximate surface area is 114 Å². The van der Waals surface area contributed by atoms with Crippen molar-refractivity contribution < 1.29 is 14.9 Å². The molecule has 2 aromatic rings. The number of nitrogen functional groups attached to an aromatic ring is 1. The van der Waals surface area contributed by atoms with E-state index in [1.54, 1.807) is 4.57 Å². The molecule has 1 aliphatic rings. The molecule has 0 bridgehead atoms. The van der Waals surface area contributed by atoms with Crippen molar-refractivity contribution in [2.75, 3.05) is 12.3 Å². The van der Waals surface area contributed by atoms with Crippen LogP contribution in [0.5, 0.6) is 0 Å². The monoisotopic (exact) mass is 280 g/mol. The first-order valence-corrected chi connectivity index (χ1v) is 6.27. The molecule has 1 fully saturated rings. The molecule has 0 unspecified atom stereocenters. The number of aliphatic hydroxyl groups is 2. The van der Waals surface area contributed by atoms with Gasteiger partial charge in [-0.25, -0.2) is 15.0 Å². The topological polar surface area (TPSA) is 145 Å². The Balaban J connectivity index is 2.09. The van der Waals surface area contributed by atoms with Crippen molar-refractivity contribution in [2.45, 2.75) is 31.4 Å². The Morgan fingerprint density at radius 3 is 2.90 bits per heavy atom. The molecule has 0 spiro atoms. The summed E-state index contributed by atoms with van der Waals surface area (Å²) in [6.45, 7) is -0.0745. The minimum Gasteiger partial charge on any atom is -0.394 e. The molecule has 3 atom stereocenters. The molecule has 0 aromatic carbocycles. The summed E-state index contributed by atoms with van der Waals surface area (Å²) in [6, 6.07) is 0. The Morgan fingerprint density at radius 2 is 2.25 bits per heavy atom. The highest BCUT2D eigenvalue weighted by Crippen LogP contribution is 2.32. The zero-order valence-electron chi connectivity index (χ0n) is 10.7. The van der Waals surface area contributed by atoms with Gasteiger partial charge >= 0.3 is 0 Å². The van der Waals surface area contributed by atoms with Crippen LogP contribution in [-0.4, -0.2) is 48.5 Å². The van der Waals surface area contributed by atoms with Gasteiger partial charge in [0.15, 0.2) is 17.0 Å². The van der Waals surface area contributed by atoms with Crippen LogP contribution in [0.15, 0.2) is 6.33 Å². The molecule has 0 aliphatic carbocycles. The average molecular weight is 280 g/mol. The molecule has 0 radical (unpaired) electrons. The van der Waals surface area contributed by atoms with Gasteiger partial charge in [0, 0.05) is 6.42 Å². The lowest BCUT2D eigenvalue weighted by molar-refractivity contribution is -0.0440. The molecular formula is C11H16N6O3.